The molecule has 0 saturated heterocycles. The summed E-state index contributed by atoms with van der Waals surface area (Å²) in [7, 11) is 0. The molecule has 0 unspecified atom stereocenters. The highest BCUT2D eigenvalue weighted by atomic mass is 16.2. The van der Waals surface area contributed by atoms with Gasteiger partial charge < -0.3 is 5.11 Å². The lowest BCUT2D eigenvalue weighted by molar-refractivity contribution is 0.318. The van der Waals surface area contributed by atoms with E-state index in [-0.39, 0.29) is 15.0 Å². The molecule has 0 spiro atoms. The molecule has 0 aliphatic heterocycles. The highest BCUT2D eigenvalue weighted by Crippen LogP contribution is 1.30. The molecular weight excluding hydrogens is 50.8 g/mol. The van der Waals surface area contributed by atoms with Gasteiger partial charge in [0.25, 0.3) is 0 Å². The highest BCUT2D eigenvalue weighted by Gasteiger charge is 1.34. The van der Waals surface area contributed by atoms with Crippen LogP contribution < -0.4 is 0 Å². The zero-order valence-electron chi connectivity index (χ0n) is 2.15. The molecule has 0 rings (SSSR count). The summed E-state index contributed by atoms with van der Waals surface area (Å²) < 4.78 is 0. The van der Waals surface area contributed by atoms with Crippen LogP contribution in [-0.2, 0) is 0 Å². The second-order valence-corrected chi connectivity index (χ2v) is 0.316. The average Bonchev–Trinajstić information content (AvgIpc) is 0.918. The van der Waals surface area contributed by atoms with Crippen LogP contribution in [0.2, 0.25) is 0 Å². The number of hydrogen-bond donors (Lipinski definition) is 1. The molecule has 0 bridgehead atoms. The van der Waals surface area contributed by atoms with E-state index >= 15 is 0 Å². The van der Waals surface area contributed by atoms with Gasteiger partial charge in [0.05, 0.1) is 0 Å². The van der Waals surface area contributed by atoms with Crippen LogP contribution >= 0.6 is 0 Å². The first kappa shape index (κ1) is 8.98. The minimum Gasteiger partial charge on any atom is -0.397 e. The van der Waals surface area contributed by atoms with Crippen molar-refractivity contribution in [2.45, 2.75) is 6.92 Å². The molecule has 0 heterocycles. The van der Waals surface area contributed by atoms with E-state index in [0.29, 0.717) is 0 Å². The predicted molar refractivity (Wildman–Crippen MR) is 24.1 cm³/mol. The third-order valence-corrected chi connectivity index (χ3v) is 0. The Kier molecular flexibility index (Phi) is 26.5. The number of aliphatic hydroxyl groups is 1. The van der Waals surface area contributed by atoms with Crippen molar-refractivity contribution in [1.82, 2.24) is 0 Å². The Bertz CT molecular complexity index is 6.00. The lowest BCUT2D eigenvalue weighted by Crippen LogP contribution is -1.57. The van der Waals surface area contributed by atoms with Gasteiger partial charge in [0.2, 0.25) is 0 Å². The summed E-state index contributed by atoms with van der Waals surface area (Å²) in [4.78, 5) is 0. The molecule has 0 aromatic heterocycles. The lowest BCUT2D eigenvalue weighted by atomic mass is 10.8. The second-order valence-electron chi connectivity index (χ2n) is 0.316. The highest BCUT2D eigenvalue weighted by molar-refractivity contribution is 5.75. The Labute approximate surface area is 28.2 Å². The molecule has 1 N–H and O–H groups in total. The van der Waals surface area contributed by atoms with E-state index in [1.54, 1.807) is 6.92 Å². The summed E-state index contributed by atoms with van der Waals surface area (Å²) >= 11 is 0. The van der Waals surface area contributed by atoms with Crippen molar-refractivity contribution in [2.24, 2.45) is 0 Å². The van der Waals surface area contributed by atoms with Crippen LogP contribution in [0.15, 0.2) is 0 Å². The minimum atomic E-state index is 0. The van der Waals surface area contributed by atoms with Crippen LogP contribution in [0, 0.1) is 0 Å². The summed E-state index contributed by atoms with van der Waals surface area (Å²) in [5.41, 5.74) is 0. The Balaban J connectivity index is 0. The van der Waals surface area contributed by atoms with Crippen molar-refractivity contribution in [3.63, 3.8) is 0 Å². The Morgan fingerprint density at radius 3 is 1.75 bits per heavy atom. The average molecular weight is 60.9 g/mol. The SMILES string of the molecule is CCO.[BH4-]. The molecule has 4 heavy (non-hydrogen) atoms. The van der Waals surface area contributed by atoms with Gasteiger partial charge >= 0.3 is 0 Å². The summed E-state index contributed by atoms with van der Waals surface area (Å²) in [6, 6.07) is 0. The van der Waals surface area contributed by atoms with E-state index in [2.05, 4.69) is 0 Å². The van der Waals surface area contributed by atoms with Crippen LogP contribution in [0.3, 0.4) is 0 Å². The molecule has 28 valence electrons. The minimum absolute atomic E-state index is 0. The maximum absolute atomic E-state index is 7.57. The van der Waals surface area contributed by atoms with Gasteiger partial charge in [0.1, 0.15) is 0 Å². The van der Waals surface area contributed by atoms with Gasteiger partial charge in [0, 0.05) is 6.61 Å². The van der Waals surface area contributed by atoms with Gasteiger partial charge in [-0.25, -0.2) is 0 Å². The van der Waals surface area contributed by atoms with E-state index < -0.39 is 0 Å². The normalized spacial score (nSPS) is 4.50. The number of aliphatic hydroxyl groups excluding tert-OH is 1. The molecule has 2 heteroatoms. The van der Waals surface area contributed by atoms with E-state index in [0.717, 1.165) is 0 Å². The summed E-state index contributed by atoms with van der Waals surface area (Å²) in [6.07, 6.45) is 0. The standard InChI is InChI=1S/C2H6O.BH4/c1-2-3;/h3H,2H2,1H3;1H4/q;-1. The molecule has 0 amide bonds. The van der Waals surface area contributed by atoms with E-state index in [1.807, 2.05) is 0 Å². The van der Waals surface area contributed by atoms with Crippen LogP contribution in [-0.4, -0.2) is 20.1 Å². The number of hydrogen-bond acceptors (Lipinski definition) is 1. The molecule has 0 fully saturated rings. The molecule has 0 aromatic rings. The van der Waals surface area contributed by atoms with Crippen molar-refractivity contribution >= 4 is 8.41 Å². The second kappa shape index (κ2) is 11.8. The topological polar surface area (TPSA) is 20.2 Å². The van der Waals surface area contributed by atoms with E-state index in [1.165, 1.54) is 0 Å². The first-order chi connectivity index (χ1) is 1.41. The quantitative estimate of drug-likeness (QED) is 0.339. The molecule has 0 saturated carbocycles. The molecule has 0 aliphatic rings. The van der Waals surface area contributed by atoms with E-state index in [9.17, 15) is 0 Å². The third-order valence-electron chi connectivity index (χ3n) is 0. The first-order valence-corrected chi connectivity index (χ1v) is 1.02. The summed E-state index contributed by atoms with van der Waals surface area (Å²) in [5.74, 6) is 0. The predicted octanol–water partition coefficient (Wildman–Crippen LogP) is -1.45. The fraction of sp³-hybridized carbons (Fsp3) is 1.00. The summed E-state index contributed by atoms with van der Waals surface area (Å²) in [6.45, 7) is 1.93. The smallest absolute Gasteiger partial charge is 0.0402 e. The van der Waals surface area contributed by atoms with Gasteiger partial charge in [-0.3, -0.25) is 0 Å². The van der Waals surface area contributed by atoms with Crippen molar-refractivity contribution in [1.29, 1.82) is 0 Å². The first-order valence-electron chi connectivity index (χ1n) is 1.02. The lowest BCUT2D eigenvalue weighted by Gasteiger charge is -1.52. The van der Waals surface area contributed by atoms with Crippen LogP contribution in [0.25, 0.3) is 0 Å². The van der Waals surface area contributed by atoms with Gasteiger partial charge in [-0.1, -0.05) is 8.41 Å². The Morgan fingerprint density at radius 1 is 1.75 bits per heavy atom. The monoisotopic (exact) mass is 61.1 g/mol. The van der Waals surface area contributed by atoms with Crippen molar-refractivity contribution in [2.75, 3.05) is 6.61 Å². The fourth-order valence-corrected chi connectivity index (χ4v) is 0. The molecular formula is C2H10BO-. The number of rotatable bonds is 0. The van der Waals surface area contributed by atoms with Crippen LogP contribution in [0.1, 0.15) is 6.92 Å². The summed E-state index contributed by atoms with van der Waals surface area (Å²) in [5, 5.41) is 7.57. The maximum atomic E-state index is 7.57. The van der Waals surface area contributed by atoms with Crippen molar-refractivity contribution in [3.05, 3.63) is 0 Å². The molecule has 0 radical (unpaired) electrons. The van der Waals surface area contributed by atoms with Crippen LogP contribution in [0.5, 0.6) is 0 Å². The van der Waals surface area contributed by atoms with Gasteiger partial charge in [-0.15, -0.1) is 0 Å². The van der Waals surface area contributed by atoms with Crippen LogP contribution in [0.4, 0.5) is 0 Å². The Morgan fingerprint density at radius 2 is 1.75 bits per heavy atom. The zero-order valence-corrected chi connectivity index (χ0v) is 2.15. The van der Waals surface area contributed by atoms with Gasteiger partial charge in [-0.05, 0) is 6.92 Å². The largest absolute Gasteiger partial charge is 0.397 e. The molecule has 1 nitrogen and oxygen atoms in total. The Hall–Kier alpha value is 0.0249. The molecule has 0 aliphatic carbocycles. The van der Waals surface area contributed by atoms with E-state index in [4.69, 9.17) is 5.11 Å². The molecule has 0 aromatic carbocycles. The fourth-order valence-electron chi connectivity index (χ4n) is 0. The van der Waals surface area contributed by atoms with Gasteiger partial charge in [-0.2, -0.15) is 0 Å². The van der Waals surface area contributed by atoms with Crippen molar-refractivity contribution in [3.8, 4) is 0 Å². The molecule has 0 atom stereocenters. The zero-order chi connectivity index (χ0) is 2.71. The maximum Gasteiger partial charge on any atom is 0.0402 e. The van der Waals surface area contributed by atoms with Gasteiger partial charge in [0.15, 0.2) is 0 Å². The van der Waals surface area contributed by atoms with Crippen molar-refractivity contribution < 1.29 is 5.11 Å². The third kappa shape index (κ3) is 3420.